The van der Waals surface area contributed by atoms with E-state index in [-0.39, 0.29) is 6.04 Å². The van der Waals surface area contributed by atoms with Crippen molar-refractivity contribution in [1.82, 2.24) is 29.9 Å². The molecule has 0 spiro atoms. The number of fused-ring (bicyclic) bond motifs is 1. The van der Waals surface area contributed by atoms with Gasteiger partial charge in [-0.3, -0.25) is 0 Å². The van der Waals surface area contributed by atoms with Gasteiger partial charge < -0.3 is 5.32 Å². The molecule has 3 aromatic heterocycles. The van der Waals surface area contributed by atoms with Crippen molar-refractivity contribution in [3.05, 3.63) is 46.5 Å². The predicted molar refractivity (Wildman–Crippen MR) is 84.0 cm³/mol. The topological polar surface area (TPSA) is 60.0 Å². The third kappa shape index (κ3) is 2.58. The van der Waals surface area contributed by atoms with Crippen molar-refractivity contribution in [2.24, 2.45) is 7.05 Å². The van der Waals surface area contributed by atoms with Gasteiger partial charge in [0.05, 0.1) is 23.4 Å². The first-order chi connectivity index (χ1) is 10.2. The Hall–Kier alpha value is -1.73. The highest BCUT2D eigenvalue weighted by Crippen LogP contribution is 2.29. The van der Waals surface area contributed by atoms with Crippen molar-refractivity contribution >= 4 is 21.4 Å². The van der Waals surface area contributed by atoms with Crippen LogP contribution >= 0.6 is 15.9 Å². The molecule has 0 aliphatic rings. The molecule has 0 fully saturated rings. The molecule has 1 N–H and O–H groups in total. The van der Waals surface area contributed by atoms with Gasteiger partial charge in [-0.1, -0.05) is 18.2 Å². The summed E-state index contributed by atoms with van der Waals surface area (Å²) in [6.45, 7) is 3.06. The Labute approximate surface area is 131 Å². The smallest absolute Gasteiger partial charge is 0.153 e. The van der Waals surface area contributed by atoms with Gasteiger partial charge in [-0.15, -0.1) is 5.10 Å². The van der Waals surface area contributed by atoms with Crippen molar-refractivity contribution in [3.63, 3.8) is 0 Å². The van der Waals surface area contributed by atoms with Gasteiger partial charge >= 0.3 is 0 Å². The molecular weight excluding hydrogens is 332 g/mol. The third-order valence-corrected chi connectivity index (χ3v) is 4.03. The monoisotopic (exact) mass is 348 g/mol. The molecule has 0 radical (unpaired) electrons. The Morgan fingerprint density at radius 2 is 2.24 bits per heavy atom. The second-order valence-corrected chi connectivity index (χ2v) is 5.66. The molecule has 3 heterocycles. The van der Waals surface area contributed by atoms with Crippen molar-refractivity contribution < 1.29 is 0 Å². The first-order valence-corrected chi connectivity index (χ1v) is 7.72. The van der Waals surface area contributed by atoms with Crippen LogP contribution in [0.4, 0.5) is 0 Å². The average Bonchev–Trinajstić information content (AvgIpc) is 3.06. The zero-order chi connectivity index (χ0) is 14.8. The van der Waals surface area contributed by atoms with Crippen LogP contribution in [0.2, 0.25) is 0 Å². The average molecular weight is 349 g/mol. The maximum Gasteiger partial charge on any atom is 0.153 e. The largest absolute Gasteiger partial charge is 0.305 e. The van der Waals surface area contributed by atoms with Gasteiger partial charge in [0.1, 0.15) is 0 Å². The number of hydrogen-bond donors (Lipinski definition) is 1. The molecule has 0 amide bonds. The summed E-state index contributed by atoms with van der Waals surface area (Å²) in [5, 5.41) is 16.2. The van der Waals surface area contributed by atoms with Gasteiger partial charge in [-0.05, 0) is 41.0 Å². The van der Waals surface area contributed by atoms with E-state index in [0.29, 0.717) is 0 Å². The number of pyridine rings is 1. The van der Waals surface area contributed by atoms with Gasteiger partial charge in [-0.25, -0.2) is 9.20 Å². The fourth-order valence-corrected chi connectivity index (χ4v) is 3.02. The quantitative estimate of drug-likeness (QED) is 0.768. The Kier molecular flexibility index (Phi) is 4.03. The highest BCUT2D eigenvalue weighted by molar-refractivity contribution is 9.10. The van der Waals surface area contributed by atoms with E-state index in [9.17, 15) is 0 Å². The summed E-state index contributed by atoms with van der Waals surface area (Å²) in [6.07, 6.45) is 4.91. The van der Waals surface area contributed by atoms with Crippen LogP contribution in [-0.4, -0.2) is 31.2 Å². The second kappa shape index (κ2) is 5.95. The zero-order valence-corrected chi connectivity index (χ0v) is 13.6. The van der Waals surface area contributed by atoms with Gasteiger partial charge in [0.15, 0.2) is 4.60 Å². The van der Waals surface area contributed by atoms with E-state index in [1.807, 2.05) is 36.1 Å². The Bertz CT molecular complexity index is 727. The van der Waals surface area contributed by atoms with E-state index in [4.69, 9.17) is 0 Å². The Balaban J connectivity index is 2.11. The zero-order valence-electron chi connectivity index (χ0n) is 12.0. The standard InChI is InChI=1S/C14H17BrN6/c1-3-7-16-12(13-14(15)18-19-20(13)2)10-9-17-21-8-5-4-6-11(10)21/h4-6,8-9,12,16H,3,7H2,1-2H3. The molecule has 3 aromatic rings. The molecule has 0 aliphatic heterocycles. The van der Waals surface area contributed by atoms with Crippen molar-refractivity contribution in [3.8, 4) is 0 Å². The third-order valence-electron chi connectivity index (χ3n) is 3.47. The van der Waals surface area contributed by atoms with Crippen LogP contribution in [0, 0.1) is 0 Å². The van der Waals surface area contributed by atoms with Gasteiger partial charge in [0, 0.05) is 18.8 Å². The fourth-order valence-electron chi connectivity index (χ4n) is 2.46. The number of aryl methyl sites for hydroxylation is 1. The maximum absolute atomic E-state index is 4.43. The van der Waals surface area contributed by atoms with Crippen LogP contribution in [0.15, 0.2) is 35.2 Å². The van der Waals surface area contributed by atoms with Crippen LogP contribution < -0.4 is 5.32 Å². The van der Waals surface area contributed by atoms with Crippen LogP contribution in [0.5, 0.6) is 0 Å². The lowest BCUT2D eigenvalue weighted by molar-refractivity contribution is 0.552. The molecule has 0 saturated heterocycles. The minimum Gasteiger partial charge on any atom is -0.305 e. The molecule has 0 saturated carbocycles. The lowest BCUT2D eigenvalue weighted by Crippen LogP contribution is -2.25. The molecule has 3 rings (SSSR count). The summed E-state index contributed by atoms with van der Waals surface area (Å²) >= 11 is 3.50. The van der Waals surface area contributed by atoms with E-state index < -0.39 is 0 Å². The molecule has 1 atom stereocenters. The molecule has 0 aliphatic carbocycles. The fraction of sp³-hybridized carbons (Fsp3) is 0.357. The summed E-state index contributed by atoms with van der Waals surface area (Å²) in [4.78, 5) is 0. The van der Waals surface area contributed by atoms with Gasteiger partial charge in [0.2, 0.25) is 0 Å². The van der Waals surface area contributed by atoms with Crippen molar-refractivity contribution in [1.29, 1.82) is 0 Å². The molecule has 0 aromatic carbocycles. The summed E-state index contributed by atoms with van der Waals surface area (Å²) in [7, 11) is 1.90. The highest BCUT2D eigenvalue weighted by Gasteiger charge is 2.24. The number of aromatic nitrogens is 5. The molecule has 21 heavy (non-hydrogen) atoms. The van der Waals surface area contributed by atoms with Crippen molar-refractivity contribution in [2.45, 2.75) is 19.4 Å². The van der Waals surface area contributed by atoms with E-state index in [0.717, 1.165) is 34.3 Å². The van der Waals surface area contributed by atoms with E-state index >= 15 is 0 Å². The minimum absolute atomic E-state index is 0.000718. The number of nitrogens with one attached hydrogen (secondary N) is 1. The molecule has 6 nitrogen and oxygen atoms in total. The van der Waals surface area contributed by atoms with E-state index in [1.165, 1.54) is 0 Å². The van der Waals surface area contributed by atoms with Crippen LogP contribution in [0.25, 0.3) is 5.52 Å². The number of nitrogens with zero attached hydrogens (tertiary/aromatic N) is 5. The molecule has 110 valence electrons. The van der Waals surface area contributed by atoms with Crippen LogP contribution in [0.1, 0.15) is 30.6 Å². The molecular formula is C14H17BrN6. The Morgan fingerprint density at radius 3 is 2.95 bits per heavy atom. The Morgan fingerprint density at radius 1 is 1.38 bits per heavy atom. The molecule has 7 heteroatoms. The summed E-state index contributed by atoms with van der Waals surface area (Å²) in [5.41, 5.74) is 3.21. The first kappa shape index (κ1) is 14.2. The van der Waals surface area contributed by atoms with Gasteiger partial charge in [-0.2, -0.15) is 5.10 Å². The normalized spacial score (nSPS) is 12.9. The number of hydrogen-bond acceptors (Lipinski definition) is 4. The van der Waals surface area contributed by atoms with Crippen LogP contribution in [0.3, 0.4) is 0 Å². The minimum atomic E-state index is -0.000718. The lowest BCUT2D eigenvalue weighted by atomic mass is 10.1. The number of halogens is 1. The van der Waals surface area contributed by atoms with Crippen LogP contribution in [-0.2, 0) is 7.05 Å². The van der Waals surface area contributed by atoms with E-state index in [2.05, 4.69) is 49.6 Å². The van der Waals surface area contributed by atoms with Gasteiger partial charge in [0.25, 0.3) is 0 Å². The first-order valence-electron chi connectivity index (χ1n) is 6.93. The summed E-state index contributed by atoms with van der Waals surface area (Å²) < 4.78 is 4.44. The molecule has 1 unspecified atom stereocenters. The van der Waals surface area contributed by atoms with Crippen molar-refractivity contribution in [2.75, 3.05) is 6.54 Å². The highest BCUT2D eigenvalue weighted by atomic mass is 79.9. The lowest BCUT2D eigenvalue weighted by Gasteiger charge is -2.18. The second-order valence-electron chi connectivity index (χ2n) is 4.91. The van der Waals surface area contributed by atoms with E-state index in [1.54, 1.807) is 4.68 Å². The SMILES string of the molecule is CCCNC(c1cnn2ccccc12)c1c(Br)nnn1C. The predicted octanol–water partition coefficient (Wildman–Crippen LogP) is 2.31. The molecule has 0 bridgehead atoms. The summed E-state index contributed by atoms with van der Waals surface area (Å²) in [5.74, 6) is 0. The maximum atomic E-state index is 4.43. The number of rotatable bonds is 5. The summed E-state index contributed by atoms with van der Waals surface area (Å²) in [6, 6.07) is 6.06.